The Morgan fingerprint density at radius 2 is 1.79 bits per heavy atom. The minimum atomic E-state index is -3.75. The Morgan fingerprint density at radius 3 is 2.38 bits per heavy atom. The van der Waals surface area contributed by atoms with Crippen molar-refractivity contribution in [1.82, 2.24) is 14.1 Å². The molecule has 0 atom stereocenters. The summed E-state index contributed by atoms with van der Waals surface area (Å²) in [6, 6.07) is 5.15. The number of nitrogens with zero attached hydrogens (tertiary/aromatic N) is 4. The van der Waals surface area contributed by atoms with E-state index in [-0.39, 0.29) is 10.6 Å². The molecule has 1 aromatic carbocycles. The van der Waals surface area contributed by atoms with Crippen molar-refractivity contribution < 1.29 is 23.2 Å². The molecule has 29 heavy (non-hydrogen) atoms. The van der Waals surface area contributed by atoms with E-state index in [9.17, 15) is 23.3 Å². The highest BCUT2D eigenvalue weighted by atomic mass is 32.2. The van der Waals surface area contributed by atoms with Gasteiger partial charge in [0.2, 0.25) is 10.0 Å². The summed E-state index contributed by atoms with van der Waals surface area (Å²) in [5, 5.41) is 19.9. The second kappa shape index (κ2) is 9.06. The lowest BCUT2D eigenvalue weighted by atomic mass is 9.93. The molecule has 0 bridgehead atoms. The van der Waals surface area contributed by atoms with E-state index in [4.69, 9.17) is 5.11 Å². The summed E-state index contributed by atoms with van der Waals surface area (Å²) < 4.78 is 27.0. The van der Waals surface area contributed by atoms with Gasteiger partial charge < -0.3 is 14.9 Å². The van der Waals surface area contributed by atoms with Crippen LogP contribution in [0.5, 0.6) is 0 Å². The molecule has 2 aliphatic rings. The fourth-order valence-electron chi connectivity index (χ4n) is 3.88. The second-order valence-corrected chi connectivity index (χ2v) is 9.44. The van der Waals surface area contributed by atoms with E-state index < -0.39 is 21.0 Å². The Morgan fingerprint density at radius 1 is 1.14 bits per heavy atom. The molecule has 0 aliphatic carbocycles. The van der Waals surface area contributed by atoms with E-state index in [0.717, 1.165) is 31.9 Å². The third-order valence-electron chi connectivity index (χ3n) is 5.74. The van der Waals surface area contributed by atoms with Gasteiger partial charge in [-0.1, -0.05) is 6.07 Å². The maximum absolute atomic E-state index is 12.8. The van der Waals surface area contributed by atoms with Gasteiger partial charge in [0.05, 0.1) is 9.82 Å². The molecule has 10 nitrogen and oxygen atoms in total. The number of sulfonamides is 1. The van der Waals surface area contributed by atoms with Crippen molar-refractivity contribution in [1.29, 1.82) is 0 Å². The molecule has 0 unspecified atom stereocenters. The number of piperidine rings is 1. The highest BCUT2D eigenvalue weighted by Gasteiger charge is 2.30. The first-order chi connectivity index (χ1) is 13.8. The van der Waals surface area contributed by atoms with E-state index in [0.29, 0.717) is 45.2 Å². The van der Waals surface area contributed by atoms with Gasteiger partial charge in [-0.05, 0) is 37.8 Å². The Bertz CT molecular complexity index is 846. The van der Waals surface area contributed by atoms with E-state index in [1.54, 1.807) is 0 Å². The maximum atomic E-state index is 12.8. The van der Waals surface area contributed by atoms with Gasteiger partial charge in [-0.3, -0.25) is 10.1 Å². The number of nitro groups is 1. The molecule has 3 rings (SSSR count). The first-order valence-corrected chi connectivity index (χ1v) is 11.2. The number of carbonyl (C=O) groups is 1. The Hall–Kier alpha value is -2.24. The summed E-state index contributed by atoms with van der Waals surface area (Å²) in [4.78, 5) is 24.9. The Balaban J connectivity index is 1.48. The fraction of sp³-hybridized carbons (Fsp3) is 0.611. The number of non-ortho nitro benzene ring substituents is 1. The lowest BCUT2D eigenvalue weighted by molar-refractivity contribution is -0.385. The molecule has 0 radical (unpaired) electrons. The zero-order chi connectivity index (χ0) is 21.0. The summed E-state index contributed by atoms with van der Waals surface area (Å²) in [6.45, 7) is 3.95. The maximum Gasteiger partial charge on any atom is 0.407 e. The van der Waals surface area contributed by atoms with Crippen molar-refractivity contribution >= 4 is 21.8 Å². The van der Waals surface area contributed by atoms with Crippen LogP contribution in [0.2, 0.25) is 0 Å². The van der Waals surface area contributed by atoms with Crippen LogP contribution in [0.15, 0.2) is 29.2 Å². The van der Waals surface area contributed by atoms with Gasteiger partial charge in [-0.25, -0.2) is 13.2 Å². The van der Waals surface area contributed by atoms with E-state index >= 15 is 0 Å². The van der Waals surface area contributed by atoms with Crippen LogP contribution in [0.4, 0.5) is 10.5 Å². The quantitative estimate of drug-likeness (QED) is 0.542. The largest absolute Gasteiger partial charge is 0.465 e. The molecule has 2 aliphatic heterocycles. The molecule has 2 saturated heterocycles. The molecule has 1 amide bonds. The van der Waals surface area contributed by atoms with Crippen LogP contribution in [0, 0.1) is 16.0 Å². The molecule has 0 aromatic heterocycles. The second-order valence-electron chi connectivity index (χ2n) is 7.50. The number of rotatable bonds is 6. The minimum absolute atomic E-state index is 0.0506. The van der Waals surface area contributed by atoms with Crippen molar-refractivity contribution in [2.24, 2.45) is 5.92 Å². The van der Waals surface area contributed by atoms with Gasteiger partial charge in [-0.2, -0.15) is 4.31 Å². The molecular weight excluding hydrogens is 400 g/mol. The van der Waals surface area contributed by atoms with Gasteiger partial charge in [-0.15, -0.1) is 0 Å². The average Bonchev–Trinajstić information content (AvgIpc) is 2.73. The molecule has 0 saturated carbocycles. The van der Waals surface area contributed by atoms with Crippen molar-refractivity contribution in [3.05, 3.63) is 34.4 Å². The van der Waals surface area contributed by atoms with Crippen molar-refractivity contribution in [3.63, 3.8) is 0 Å². The molecule has 1 aromatic rings. The predicted molar refractivity (Wildman–Crippen MR) is 105 cm³/mol. The summed E-state index contributed by atoms with van der Waals surface area (Å²) >= 11 is 0. The molecule has 11 heteroatoms. The van der Waals surface area contributed by atoms with Crippen LogP contribution in [0.3, 0.4) is 0 Å². The molecule has 2 heterocycles. The summed E-state index contributed by atoms with van der Waals surface area (Å²) in [5.74, 6) is 0.497. The van der Waals surface area contributed by atoms with Gasteiger partial charge in [0.25, 0.3) is 5.69 Å². The SMILES string of the molecule is O=C(O)N1CCC(CCN2CCN(S(=O)(=O)c3cccc([N+](=O)[O-])c3)CC2)CC1. The van der Waals surface area contributed by atoms with Crippen molar-refractivity contribution in [3.8, 4) is 0 Å². The number of piperazine rings is 1. The molecule has 2 fully saturated rings. The minimum Gasteiger partial charge on any atom is -0.465 e. The lowest BCUT2D eigenvalue weighted by Crippen LogP contribution is -2.49. The van der Waals surface area contributed by atoms with E-state index in [2.05, 4.69) is 4.90 Å². The van der Waals surface area contributed by atoms with Crippen LogP contribution in [0.1, 0.15) is 19.3 Å². The number of likely N-dealkylation sites (tertiary alicyclic amines) is 1. The number of nitro benzene ring substituents is 1. The van der Waals surface area contributed by atoms with Crippen LogP contribution in [0.25, 0.3) is 0 Å². The topological polar surface area (TPSA) is 124 Å². The van der Waals surface area contributed by atoms with Gasteiger partial charge >= 0.3 is 6.09 Å². The molecule has 1 N–H and O–H groups in total. The highest BCUT2D eigenvalue weighted by molar-refractivity contribution is 7.89. The molecule has 160 valence electrons. The Kier molecular flexibility index (Phi) is 6.70. The fourth-order valence-corrected chi connectivity index (χ4v) is 5.34. The van der Waals surface area contributed by atoms with Crippen LogP contribution < -0.4 is 0 Å². The normalized spacial score (nSPS) is 19.9. The predicted octanol–water partition coefficient (Wildman–Crippen LogP) is 1.68. The van der Waals surface area contributed by atoms with Gasteiger partial charge in [0.1, 0.15) is 0 Å². The third kappa shape index (κ3) is 5.22. The number of hydrogen-bond donors (Lipinski definition) is 1. The van der Waals surface area contributed by atoms with Crippen LogP contribution in [-0.2, 0) is 10.0 Å². The first kappa shape index (κ1) is 21.5. The highest BCUT2D eigenvalue weighted by Crippen LogP contribution is 2.24. The molecular formula is C18H26N4O6S. The number of hydrogen-bond acceptors (Lipinski definition) is 6. The molecule has 0 spiro atoms. The standard InChI is InChI=1S/C18H26N4O6S/c23-18(24)20-8-5-15(6-9-20)4-7-19-10-12-21(13-11-19)29(27,28)17-3-1-2-16(14-17)22(25)26/h1-3,14-15H,4-13H2,(H,23,24). The summed E-state index contributed by atoms with van der Waals surface area (Å²) in [7, 11) is -3.75. The number of benzene rings is 1. The van der Waals surface area contributed by atoms with Crippen LogP contribution >= 0.6 is 0 Å². The zero-order valence-electron chi connectivity index (χ0n) is 16.1. The number of amides is 1. The first-order valence-electron chi connectivity index (χ1n) is 9.72. The van der Waals surface area contributed by atoms with Crippen molar-refractivity contribution in [2.45, 2.75) is 24.2 Å². The van der Waals surface area contributed by atoms with Gasteiger partial charge in [0, 0.05) is 51.4 Å². The van der Waals surface area contributed by atoms with Crippen molar-refractivity contribution in [2.75, 3.05) is 45.8 Å². The smallest absolute Gasteiger partial charge is 0.407 e. The van der Waals surface area contributed by atoms with Gasteiger partial charge in [0.15, 0.2) is 0 Å². The average molecular weight is 426 g/mol. The van der Waals surface area contributed by atoms with Crippen LogP contribution in [-0.4, -0.2) is 84.5 Å². The Labute approximate surface area is 169 Å². The summed E-state index contributed by atoms with van der Waals surface area (Å²) in [6.07, 6.45) is 1.86. The monoisotopic (exact) mass is 426 g/mol. The van der Waals surface area contributed by atoms with E-state index in [1.807, 2.05) is 0 Å². The van der Waals surface area contributed by atoms with E-state index in [1.165, 1.54) is 27.4 Å². The third-order valence-corrected chi connectivity index (χ3v) is 7.63. The lowest BCUT2D eigenvalue weighted by Gasteiger charge is -2.35. The summed E-state index contributed by atoms with van der Waals surface area (Å²) in [5.41, 5.74) is -0.237. The number of carboxylic acid groups (broad SMARTS) is 1. The zero-order valence-corrected chi connectivity index (χ0v) is 17.0.